The van der Waals surface area contributed by atoms with E-state index in [0.717, 1.165) is 0 Å². The highest BCUT2D eigenvalue weighted by molar-refractivity contribution is 7.88. The summed E-state index contributed by atoms with van der Waals surface area (Å²) in [7, 11) is -3.22. The number of fused-ring (bicyclic) bond motifs is 1. The third-order valence-electron chi connectivity index (χ3n) is 3.66. The van der Waals surface area contributed by atoms with Crippen LogP contribution in [0.5, 0.6) is 0 Å². The number of nitro benzene ring substituents is 1. The summed E-state index contributed by atoms with van der Waals surface area (Å²) in [5.74, 6) is 0. The molecule has 130 valence electrons. The molecule has 8 nitrogen and oxygen atoms in total. The number of hydrogen-bond acceptors (Lipinski definition) is 6. The van der Waals surface area contributed by atoms with Gasteiger partial charge in [0.1, 0.15) is 5.69 Å². The molecule has 1 heterocycles. The van der Waals surface area contributed by atoms with Gasteiger partial charge in [-0.3, -0.25) is 15.1 Å². The van der Waals surface area contributed by atoms with Crippen molar-refractivity contribution in [1.82, 2.24) is 9.29 Å². The number of anilines is 1. The monoisotopic (exact) mass is 352 g/mol. The van der Waals surface area contributed by atoms with Gasteiger partial charge in [-0.05, 0) is 30.7 Å². The van der Waals surface area contributed by atoms with E-state index in [-0.39, 0.29) is 5.69 Å². The first kappa shape index (κ1) is 18.1. The smallest absolute Gasteiger partial charge is 0.301 e. The van der Waals surface area contributed by atoms with Crippen LogP contribution in [0.1, 0.15) is 13.3 Å². The van der Waals surface area contributed by atoms with Crippen molar-refractivity contribution in [3.05, 3.63) is 40.6 Å². The minimum atomic E-state index is -3.22. The maximum Gasteiger partial charge on any atom is 0.301 e. The number of pyridine rings is 1. The van der Waals surface area contributed by atoms with Crippen LogP contribution < -0.4 is 5.32 Å². The molecule has 0 bridgehead atoms. The van der Waals surface area contributed by atoms with Gasteiger partial charge in [-0.25, -0.2) is 12.7 Å². The molecule has 24 heavy (non-hydrogen) atoms. The van der Waals surface area contributed by atoms with Crippen molar-refractivity contribution in [2.24, 2.45) is 0 Å². The molecule has 2 rings (SSSR count). The van der Waals surface area contributed by atoms with Crippen LogP contribution >= 0.6 is 0 Å². The number of nitro groups is 1. The van der Waals surface area contributed by atoms with Crippen molar-refractivity contribution in [2.45, 2.75) is 13.3 Å². The Morgan fingerprint density at radius 3 is 2.71 bits per heavy atom. The SMILES string of the molecule is CCN(CCCNc1ccc2ncccc2c1[N+](=O)[O-])S(C)(=O)=O. The lowest BCUT2D eigenvalue weighted by atomic mass is 10.1. The van der Waals surface area contributed by atoms with Crippen molar-refractivity contribution in [2.75, 3.05) is 31.2 Å². The Hall–Kier alpha value is -2.26. The number of benzene rings is 1. The van der Waals surface area contributed by atoms with Gasteiger partial charge in [0.2, 0.25) is 10.0 Å². The highest BCUT2D eigenvalue weighted by atomic mass is 32.2. The Morgan fingerprint density at radius 1 is 1.33 bits per heavy atom. The highest BCUT2D eigenvalue weighted by Gasteiger charge is 2.19. The average molecular weight is 352 g/mol. The maximum absolute atomic E-state index is 11.5. The fourth-order valence-corrected chi connectivity index (χ4v) is 3.44. The summed E-state index contributed by atoms with van der Waals surface area (Å²) in [4.78, 5) is 15.1. The minimum absolute atomic E-state index is 0.0175. The van der Waals surface area contributed by atoms with E-state index in [4.69, 9.17) is 0 Å². The second kappa shape index (κ2) is 7.54. The standard InChI is InChI=1S/C15H20N4O4S/c1-3-18(24(2,22)23)11-5-10-17-14-8-7-13-12(6-4-9-16-13)15(14)19(20)21/h4,6-9,17H,3,5,10-11H2,1-2H3. The van der Waals surface area contributed by atoms with Gasteiger partial charge in [0.25, 0.3) is 0 Å². The number of aromatic nitrogens is 1. The highest BCUT2D eigenvalue weighted by Crippen LogP contribution is 2.32. The largest absolute Gasteiger partial charge is 0.379 e. The third-order valence-corrected chi connectivity index (χ3v) is 5.04. The fourth-order valence-electron chi connectivity index (χ4n) is 2.51. The average Bonchev–Trinajstić information content (AvgIpc) is 2.52. The molecular weight excluding hydrogens is 332 g/mol. The van der Waals surface area contributed by atoms with Crippen molar-refractivity contribution < 1.29 is 13.3 Å². The minimum Gasteiger partial charge on any atom is -0.379 e. The van der Waals surface area contributed by atoms with E-state index < -0.39 is 14.9 Å². The molecule has 0 radical (unpaired) electrons. The van der Waals surface area contributed by atoms with Gasteiger partial charge in [0.05, 0.1) is 22.1 Å². The first-order valence-electron chi connectivity index (χ1n) is 7.55. The molecule has 1 aromatic carbocycles. The normalized spacial score (nSPS) is 11.8. The van der Waals surface area contributed by atoms with E-state index in [9.17, 15) is 18.5 Å². The zero-order chi connectivity index (χ0) is 17.7. The Kier molecular flexibility index (Phi) is 5.68. The van der Waals surface area contributed by atoms with E-state index in [1.807, 2.05) is 0 Å². The fraction of sp³-hybridized carbons (Fsp3) is 0.400. The maximum atomic E-state index is 11.5. The molecule has 0 spiro atoms. The van der Waals surface area contributed by atoms with Crippen LogP contribution in [0.4, 0.5) is 11.4 Å². The van der Waals surface area contributed by atoms with E-state index in [1.54, 1.807) is 37.4 Å². The van der Waals surface area contributed by atoms with E-state index in [2.05, 4.69) is 10.3 Å². The van der Waals surface area contributed by atoms with Gasteiger partial charge < -0.3 is 5.32 Å². The van der Waals surface area contributed by atoms with Crippen LogP contribution in [-0.4, -0.2) is 48.5 Å². The van der Waals surface area contributed by atoms with Crippen molar-refractivity contribution in [1.29, 1.82) is 0 Å². The predicted octanol–water partition coefficient (Wildman–Crippen LogP) is 2.23. The summed E-state index contributed by atoms with van der Waals surface area (Å²) >= 11 is 0. The van der Waals surface area contributed by atoms with E-state index in [0.29, 0.717) is 42.6 Å². The summed E-state index contributed by atoms with van der Waals surface area (Å²) in [6, 6.07) is 6.67. The lowest BCUT2D eigenvalue weighted by Crippen LogP contribution is -2.31. The summed E-state index contributed by atoms with van der Waals surface area (Å²) in [5.41, 5.74) is 0.947. The molecule has 1 N–H and O–H groups in total. The lowest BCUT2D eigenvalue weighted by molar-refractivity contribution is -0.382. The molecule has 0 aliphatic rings. The van der Waals surface area contributed by atoms with Crippen molar-refractivity contribution in [3.8, 4) is 0 Å². The van der Waals surface area contributed by atoms with Crippen LogP contribution in [0.3, 0.4) is 0 Å². The van der Waals surface area contributed by atoms with Gasteiger partial charge in [0.15, 0.2) is 0 Å². The molecule has 0 saturated carbocycles. The van der Waals surface area contributed by atoms with E-state index in [1.165, 1.54) is 10.6 Å². The number of nitrogens with one attached hydrogen (secondary N) is 1. The summed E-state index contributed by atoms with van der Waals surface area (Å²) in [6.07, 6.45) is 3.30. The number of sulfonamides is 1. The molecule has 0 aliphatic heterocycles. The van der Waals surface area contributed by atoms with Gasteiger partial charge in [-0.1, -0.05) is 6.92 Å². The second-order valence-electron chi connectivity index (χ2n) is 5.32. The topological polar surface area (TPSA) is 105 Å². The van der Waals surface area contributed by atoms with Crippen LogP contribution in [0, 0.1) is 10.1 Å². The molecular formula is C15H20N4O4S. The Balaban J connectivity index is 2.10. The Morgan fingerprint density at radius 2 is 2.08 bits per heavy atom. The Bertz CT molecular complexity index is 838. The molecule has 0 fully saturated rings. The molecule has 0 atom stereocenters. The zero-order valence-electron chi connectivity index (χ0n) is 13.6. The van der Waals surface area contributed by atoms with Crippen LogP contribution in [0.25, 0.3) is 10.9 Å². The van der Waals surface area contributed by atoms with E-state index >= 15 is 0 Å². The second-order valence-corrected chi connectivity index (χ2v) is 7.31. The number of rotatable bonds is 8. The summed E-state index contributed by atoms with van der Waals surface area (Å²) in [6.45, 7) is 2.97. The van der Waals surface area contributed by atoms with Crippen molar-refractivity contribution in [3.63, 3.8) is 0 Å². The number of hydrogen-bond donors (Lipinski definition) is 1. The van der Waals surface area contributed by atoms with Gasteiger partial charge >= 0.3 is 5.69 Å². The van der Waals surface area contributed by atoms with Gasteiger partial charge in [-0.2, -0.15) is 0 Å². The predicted molar refractivity (Wildman–Crippen MR) is 93.6 cm³/mol. The van der Waals surface area contributed by atoms with Crippen LogP contribution in [0.15, 0.2) is 30.5 Å². The van der Waals surface area contributed by atoms with Gasteiger partial charge in [0, 0.05) is 25.8 Å². The van der Waals surface area contributed by atoms with Gasteiger partial charge in [-0.15, -0.1) is 0 Å². The van der Waals surface area contributed by atoms with Crippen LogP contribution in [0.2, 0.25) is 0 Å². The Labute approximate surface area is 140 Å². The molecule has 1 aromatic heterocycles. The summed E-state index contributed by atoms with van der Waals surface area (Å²) in [5, 5.41) is 14.9. The molecule has 0 saturated heterocycles. The summed E-state index contributed by atoms with van der Waals surface area (Å²) < 4.78 is 24.4. The lowest BCUT2D eigenvalue weighted by Gasteiger charge is -2.17. The first-order chi connectivity index (χ1) is 11.3. The first-order valence-corrected chi connectivity index (χ1v) is 9.40. The molecule has 2 aromatic rings. The third kappa shape index (κ3) is 4.18. The quantitative estimate of drug-likeness (QED) is 0.444. The molecule has 0 unspecified atom stereocenters. The zero-order valence-corrected chi connectivity index (χ0v) is 14.4. The molecule has 0 aliphatic carbocycles. The van der Waals surface area contributed by atoms with Crippen LogP contribution in [-0.2, 0) is 10.0 Å². The van der Waals surface area contributed by atoms with Crippen molar-refractivity contribution >= 4 is 32.3 Å². The molecule has 9 heteroatoms. The number of nitrogens with zero attached hydrogens (tertiary/aromatic N) is 3. The molecule has 0 amide bonds.